The highest BCUT2D eigenvalue weighted by Gasteiger charge is 2.32. The lowest BCUT2D eigenvalue weighted by Gasteiger charge is -2.18. The van der Waals surface area contributed by atoms with E-state index in [9.17, 15) is 4.79 Å². The van der Waals surface area contributed by atoms with Crippen molar-refractivity contribution in [3.63, 3.8) is 0 Å². The highest BCUT2D eigenvalue weighted by Crippen LogP contribution is 2.35. The Hall–Kier alpha value is -4.00. The summed E-state index contributed by atoms with van der Waals surface area (Å²) < 4.78 is 14.8. The van der Waals surface area contributed by atoms with Gasteiger partial charge in [0.1, 0.15) is 5.82 Å². The predicted octanol–water partition coefficient (Wildman–Crippen LogP) is 3.86. The van der Waals surface area contributed by atoms with E-state index in [1.165, 1.54) is 0 Å². The molecule has 6 rings (SSSR count). The molecule has 1 amide bonds. The van der Waals surface area contributed by atoms with Crippen molar-refractivity contribution in [2.75, 3.05) is 6.79 Å². The topological polar surface area (TPSA) is 61.5 Å². The Morgan fingerprint density at radius 2 is 1.77 bits per heavy atom. The number of ether oxygens (including phenoxy) is 2. The van der Waals surface area contributed by atoms with Gasteiger partial charge in [0, 0.05) is 23.5 Å². The first kappa shape index (κ1) is 17.8. The number of fused-ring (bicyclic) bond motifs is 2. The number of nitrogens with zero attached hydrogens (tertiary/aromatic N) is 4. The molecule has 0 saturated heterocycles. The largest absolute Gasteiger partial charge is 0.454 e. The van der Waals surface area contributed by atoms with Gasteiger partial charge in [-0.2, -0.15) is 5.10 Å². The molecule has 31 heavy (non-hydrogen) atoms. The average molecular weight is 412 g/mol. The van der Waals surface area contributed by atoms with Crippen LogP contribution in [0.4, 0.5) is 0 Å². The first-order valence-corrected chi connectivity index (χ1v) is 10.2. The van der Waals surface area contributed by atoms with Gasteiger partial charge in [-0.1, -0.05) is 18.2 Å². The summed E-state index contributed by atoms with van der Waals surface area (Å²) in [7, 11) is 0. The summed E-state index contributed by atoms with van der Waals surface area (Å²) in [4.78, 5) is 15.0. The molecule has 0 atom stereocenters. The van der Waals surface area contributed by atoms with Gasteiger partial charge >= 0.3 is 0 Å². The molecule has 0 saturated carbocycles. The molecule has 154 valence electrons. The van der Waals surface area contributed by atoms with Crippen molar-refractivity contribution in [1.29, 1.82) is 0 Å². The molecule has 4 heterocycles. The molecule has 0 spiro atoms. The monoisotopic (exact) mass is 412 g/mol. The first-order chi connectivity index (χ1) is 15.2. The Morgan fingerprint density at radius 3 is 2.61 bits per heavy atom. The maximum Gasteiger partial charge on any atom is 0.254 e. The SMILES string of the molecule is Cc1ccccc1-n1nc2c(c1-n1cccc1)CN(C(=O)c1ccc3c(c1)OCO3)C2. The number of rotatable bonds is 3. The third-order valence-corrected chi connectivity index (χ3v) is 5.83. The molecule has 2 aliphatic rings. The van der Waals surface area contributed by atoms with Crippen molar-refractivity contribution in [1.82, 2.24) is 19.2 Å². The third-order valence-electron chi connectivity index (χ3n) is 5.83. The lowest BCUT2D eigenvalue weighted by molar-refractivity contribution is 0.0749. The van der Waals surface area contributed by atoms with Gasteiger partial charge in [-0.3, -0.25) is 4.79 Å². The van der Waals surface area contributed by atoms with Crippen LogP contribution in [0.2, 0.25) is 0 Å². The summed E-state index contributed by atoms with van der Waals surface area (Å²) in [5.41, 5.74) is 4.75. The Bertz CT molecular complexity index is 1310. The zero-order chi connectivity index (χ0) is 20.9. The fraction of sp³-hybridized carbons (Fsp3) is 0.167. The zero-order valence-corrected chi connectivity index (χ0v) is 17.0. The third kappa shape index (κ3) is 2.81. The molecule has 7 nitrogen and oxygen atoms in total. The van der Waals surface area contributed by atoms with E-state index in [0.29, 0.717) is 30.2 Å². The number of carbonyl (C=O) groups is 1. The Balaban J connectivity index is 1.38. The van der Waals surface area contributed by atoms with Crippen molar-refractivity contribution in [2.24, 2.45) is 0 Å². The smallest absolute Gasteiger partial charge is 0.254 e. The van der Waals surface area contributed by atoms with Gasteiger partial charge in [0.2, 0.25) is 6.79 Å². The molecule has 0 aliphatic carbocycles. The number of para-hydroxylation sites is 1. The van der Waals surface area contributed by atoms with Gasteiger partial charge in [0.05, 0.1) is 24.5 Å². The lowest BCUT2D eigenvalue weighted by Crippen LogP contribution is -2.26. The number of benzene rings is 2. The highest BCUT2D eigenvalue weighted by molar-refractivity contribution is 5.95. The van der Waals surface area contributed by atoms with Crippen LogP contribution in [0, 0.1) is 6.92 Å². The van der Waals surface area contributed by atoms with E-state index in [-0.39, 0.29) is 12.7 Å². The van der Waals surface area contributed by atoms with Crippen molar-refractivity contribution in [2.45, 2.75) is 20.0 Å². The van der Waals surface area contributed by atoms with Gasteiger partial charge in [-0.05, 0) is 48.9 Å². The number of amides is 1. The minimum atomic E-state index is -0.0443. The highest BCUT2D eigenvalue weighted by atomic mass is 16.7. The molecule has 2 aromatic heterocycles. The van der Waals surface area contributed by atoms with Crippen LogP contribution in [0.3, 0.4) is 0 Å². The molecular weight excluding hydrogens is 392 g/mol. The standard InChI is InChI=1S/C24H20N4O3/c1-16-6-2-3-7-20(16)28-23(26-10-4-5-11-26)18-13-27(14-19(18)25-28)24(29)17-8-9-21-22(12-17)31-15-30-21/h2-12H,13-15H2,1H3. The maximum absolute atomic E-state index is 13.2. The van der Waals surface area contributed by atoms with E-state index in [0.717, 1.165) is 28.3 Å². The van der Waals surface area contributed by atoms with Crippen LogP contribution >= 0.6 is 0 Å². The molecule has 4 aromatic rings. The van der Waals surface area contributed by atoms with Crippen molar-refractivity contribution >= 4 is 5.91 Å². The maximum atomic E-state index is 13.2. The minimum Gasteiger partial charge on any atom is -0.454 e. The molecule has 0 unspecified atom stereocenters. The number of hydrogen-bond donors (Lipinski definition) is 0. The number of aryl methyl sites for hydroxylation is 1. The summed E-state index contributed by atoms with van der Waals surface area (Å²) in [5.74, 6) is 2.21. The zero-order valence-electron chi connectivity index (χ0n) is 17.0. The summed E-state index contributed by atoms with van der Waals surface area (Å²) in [5, 5.41) is 4.92. The second-order valence-corrected chi connectivity index (χ2v) is 7.77. The molecule has 2 aliphatic heterocycles. The summed E-state index contributed by atoms with van der Waals surface area (Å²) in [6.45, 7) is 3.24. The fourth-order valence-electron chi connectivity index (χ4n) is 4.27. The van der Waals surface area contributed by atoms with Crippen LogP contribution in [-0.4, -0.2) is 31.9 Å². The quantitative estimate of drug-likeness (QED) is 0.513. The second-order valence-electron chi connectivity index (χ2n) is 7.77. The molecule has 0 fully saturated rings. The summed E-state index contributed by atoms with van der Waals surface area (Å²) >= 11 is 0. The Morgan fingerprint density at radius 1 is 0.968 bits per heavy atom. The number of hydrogen-bond acceptors (Lipinski definition) is 4. The lowest BCUT2D eigenvalue weighted by atomic mass is 10.1. The van der Waals surface area contributed by atoms with E-state index >= 15 is 0 Å². The van der Waals surface area contributed by atoms with E-state index in [4.69, 9.17) is 14.6 Å². The Labute approximate surface area is 179 Å². The molecule has 0 bridgehead atoms. The molecular formula is C24H20N4O3. The van der Waals surface area contributed by atoms with E-state index in [1.807, 2.05) is 46.2 Å². The minimum absolute atomic E-state index is 0.0443. The van der Waals surface area contributed by atoms with Crippen LogP contribution in [-0.2, 0) is 13.1 Å². The second kappa shape index (κ2) is 6.77. The van der Waals surface area contributed by atoms with Crippen LogP contribution in [0.5, 0.6) is 11.5 Å². The van der Waals surface area contributed by atoms with Crippen molar-refractivity contribution in [3.05, 3.63) is 89.4 Å². The van der Waals surface area contributed by atoms with Crippen LogP contribution in [0.25, 0.3) is 11.5 Å². The van der Waals surface area contributed by atoms with Gasteiger partial charge in [-0.15, -0.1) is 0 Å². The van der Waals surface area contributed by atoms with Crippen LogP contribution in [0.15, 0.2) is 67.0 Å². The van der Waals surface area contributed by atoms with Crippen molar-refractivity contribution < 1.29 is 14.3 Å². The summed E-state index contributed by atoms with van der Waals surface area (Å²) in [6.07, 6.45) is 4.02. The van der Waals surface area contributed by atoms with Gasteiger partial charge in [0.25, 0.3) is 5.91 Å². The average Bonchev–Trinajstić information content (AvgIpc) is 3.56. The molecule has 0 N–H and O–H groups in total. The van der Waals surface area contributed by atoms with E-state index < -0.39 is 0 Å². The van der Waals surface area contributed by atoms with Crippen LogP contribution < -0.4 is 9.47 Å². The van der Waals surface area contributed by atoms with Gasteiger partial charge in [0.15, 0.2) is 11.5 Å². The molecule has 2 aromatic carbocycles. The van der Waals surface area contributed by atoms with Crippen molar-refractivity contribution in [3.8, 4) is 23.0 Å². The molecule has 7 heteroatoms. The fourth-order valence-corrected chi connectivity index (χ4v) is 4.27. The van der Waals surface area contributed by atoms with E-state index in [1.54, 1.807) is 18.2 Å². The van der Waals surface area contributed by atoms with Gasteiger partial charge < -0.3 is 18.9 Å². The number of carbonyl (C=O) groups excluding carboxylic acids is 1. The first-order valence-electron chi connectivity index (χ1n) is 10.2. The molecule has 0 radical (unpaired) electrons. The normalized spacial score (nSPS) is 14.2. The van der Waals surface area contributed by atoms with Crippen LogP contribution in [0.1, 0.15) is 27.2 Å². The van der Waals surface area contributed by atoms with E-state index in [2.05, 4.69) is 23.6 Å². The predicted molar refractivity (Wildman–Crippen MR) is 114 cm³/mol. The summed E-state index contributed by atoms with van der Waals surface area (Å²) in [6, 6.07) is 17.5. The van der Waals surface area contributed by atoms with Gasteiger partial charge in [-0.25, -0.2) is 4.68 Å². The Kier molecular flexibility index (Phi) is 3.89. The number of aromatic nitrogens is 3.